The number of hydrogen-bond acceptors (Lipinski definition) is 3. The third-order valence-corrected chi connectivity index (χ3v) is 4.52. The molecule has 0 spiro atoms. The zero-order valence-electron chi connectivity index (χ0n) is 11.8. The second kappa shape index (κ2) is 6.12. The average molecular weight is 348 g/mol. The normalized spacial score (nSPS) is 19.8. The van der Waals surface area contributed by atoms with E-state index in [9.17, 15) is 4.79 Å². The van der Waals surface area contributed by atoms with E-state index < -0.39 is 0 Å². The predicted octanol–water partition coefficient (Wildman–Crippen LogP) is 2.84. The molecule has 0 unspecified atom stereocenters. The van der Waals surface area contributed by atoms with Crippen molar-refractivity contribution in [1.29, 1.82) is 0 Å². The first-order valence-electron chi connectivity index (χ1n) is 7.21. The number of rotatable bonds is 3. The van der Waals surface area contributed by atoms with Gasteiger partial charge < -0.3 is 5.73 Å². The van der Waals surface area contributed by atoms with Crippen LogP contribution in [0.5, 0.6) is 0 Å². The lowest BCUT2D eigenvalue weighted by molar-refractivity contribution is -0.124. The van der Waals surface area contributed by atoms with Gasteiger partial charge in [0.15, 0.2) is 0 Å². The molecule has 2 N–H and O–H groups in total. The molecule has 1 aromatic carbocycles. The van der Waals surface area contributed by atoms with Crippen LogP contribution < -0.4 is 5.73 Å². The second-order valence-corrected chi connectivity index (χ2v) is 6.44. The molecule has 0 radical (unpaired) electrons. The number of piperidine rings is 1. The van der Waals surface area contributed by atoms with Crippen LogP contribution in [0.3, 0.4) is 0 Å². The van der Waals surface area contributed by atoms with Crippen LogP contribution in [0, 0.1) is 0 Å². The topological polar surface area (TPSA) is 59.2 Å². The number of nitrogens with zero attached hydrogens (tertiary/aromatic N) is 2. The lowest BCUT2D eigenvalue weighted by Crippen LogP contribution is -2.47. The number of likely N-dealkylation sites (tertiary alicyclic amines) is 1. The summed E-state index contributed by atoms with van der Waals surface area (Å²) in [6.07, 6.45) is 4.85. The number of fused-ring (bicyclic) bond motifs is 1. The van der Waals surface area contributed by atoms with Crippen molar-refractivity contribution in [2.75, 3.05) is 6.54 Å². The van der Waals surface area contributed by atoms with E-state index in [4.69, 9.17) is 5.73 Å². The van der Waals surface area contributed by atoms with Gasteiger partial charge in [-0.2, -0.15) is 0 Å². The minimum absolute atomic E-state index is 0.156. The summed E-state index contributed by atoms with van der Waals surface area (Å²) in [5.74, 6) is -0.220. The number of halogens is 1. The Bertz CT molecular complexity index is 674. The van der Waals surface area contributed by atoms with Crippen molar-refractivity contribution < 1.29 is 4.79 Å². The van der Waals surface area contributed by atoms with Crippen molar-refractivity contribution >= 4 is 32.7 Å². The molecule has 1 aliphatic rings. The van der Waals surface area contributed by atoms with Crippen molar-refractivity contribution in [3.05, 3.63) is 40.5 Å². The van der Waals surface area contributed by atoms with Crippen LogP contribution in [0.25, 0.3) is 10.9 Å². The molecule has 0 aliphatic carbocycles. The molecule has 1 aromatic heterocycles. The van der Waals surface area contributed by atoms with Crippen molar-refractivity contribution in [3.63, 3.8) is 0 Å². The van der Waals surface area contributed by atoms with E-state index in [1.807, 2.05) is 12.3 Å². The zero-order chi connectivity index (χ0) is 14.8. The fourth-order valence-electron chi connectivity index (χ4n) is 3.07. The van der Waals surface area contributed by atoms with E-state index in [0.29, 0.717) is 6.54 Å². The van der Waals surface area contributed by atoms with Crippen LogP contribution in [0.4, 0.5) is 0 Å². The summed E-state index contributed by atoms with van der Waals surface area (Å²) >= 11 is 3.55. The Morgan fingerprint density at radius 1 is 1.43 bits per heavy atom. The van der Waals surface area contributed by atoms with Gasteiger partial charge >= 0.3 is 0 Å². The van der Waals surface area contributed by atoms with Gasteiger partial charge in [0.2, 0.25) is 5.91 Å². The molecular formula is C16H18BrN3O. The number of nitrogens with two attached hydrogens (primary N) is 1. The van der Waals surface area contributed by atoms with Gasteiger partial charge in [0.1, 0.15) is 0 Å². The lowest BCUT2D eigenvalue weighted by Gasteiger charge is -2.33. The van der Waals surface area contributed by atoms with Crippen molar-refractivity contribution in [1.82, 2.24) is 9.88 Å². The fraction of sp³-hybridized carbons (Fsp3) is 0.375. The number of carbonyl (C=O) groups is 1. The molecule has 3 rings (SSSR count). The maximum atomic E-state index is 11.6. The molecular weight excluding hydrogens is 330 g/mol. The number of hydrogen-bond donors (Lipinski definition) is 1. The summed E-state index contributed by atoms with van der Waals surface area (Å²) < 4.78 is 1.03. The molecule has 1 saturated heterocycles. The first kappa shape index (κ1) is 14.5. The SMILES string of the molecule is NC(=O)[C@@H]1CCCCN1Cc1cc(Br)cc2cccnc12. The van der Waals surface area contributed by atoms with Gasteiger partial charge in [-0.15, -0.1) is 0 Å². The first-order valence-corrected chi connectivity index (χ1v) is 8.01. The average Bonchev–Trinajstić information content (AvgIpc) is 2.47. The molecule has 1 amide bonds. The molecule has 1 fully saturated rings. The van der Waals surface area contributed by atoms with Gasteiger partial charge in [0.25, 0.3) is 0 Å². The number of primary amides is 1. The Balaban J connectivity index is 1.95. The van der Waals surface area contributed by atoms with Crippen LogP contribution in [-0.4, -0.2) is 28.4 Å². The van der Waals surface area contributed by atoms with E-state index in [1.165, 1.54) is 0 Å². The summed E-state index contributed by atoms with van der Waals surface area (Å²) in [4.78, 5) is 18.3. The molecule has 4 nitrogen and oxygen atoms in total. The predicted molar refractivity (Wildman–Crippen MR) is 86.7 cm³/mol. The van der Waals surface area contributed by atoms with Gasteiger partial charge in [-0.1, -0.05) is 28.4 Å². The lowest BCUT2D eigenvalue weighted by atomic mass is 10.00. The maximum absolute atomic E-state index is 11.6. The first-order chi connectivity index (χ1) is 10.1. The van der Waals surface area contributed by atoms with Crippen LogP contribution in [0.15, 0.2) is 34.9 Å². The summed E-state index contributed by atoms with van der Waals surface area (Å²) in [5.41, 5.74) is 7.68. The Hall–Kier alpha value is -1.46. The molecule has 5 heteroatoms. The Labute approximate surface area is 132 Å². The maximum Gasteiger partial charge on any atom is 0.234 e. The minimum atomic E-state index is -0.220. The van der Waals surface area contributed by atoms with E-state index in [-0.39, 0.29) is 11.9 Å². The van der Waals surface area contributed by atoms with Crippen molar-refractivity contribution in [2.24, 2.45) is 5.73 Å². The Morgan fingerprint density at radius 3 is 3.10 bits per heavy atom. The molecule has 21 heavy (non-hydrogen) atoms. The van der Waals surface area contributed by atoms with Gasteiger partial charge in [-0.25, -0.2) is 0 Å². The smallest absolute Gasteiger partial charge is 0.234 e. The summed E-state index contributed by atoms with van der Waals surface area (Å²) in [5, 5.41) is 1.11. The van der Waals surface area contributed by atoms with Gasteiger partial charge in [0, 0.05) is 22.6 Å². The summed E-state index contributed by atoms with van der Waals surface area (Å²) in [7, 11) is 0. The Kier molecular flexibility index (Phi) is 4.22. The van der Waals surface area contributed by atoms with Crippen LogP contribution in [-0.2, 0) is 11.3 Å². The van der Waals surface area contributed by atoms with E-state index in [2.05, 4.69) is 44.0 Å². The number of pyridine rings is 1. The molecule has 2 heterocycles. The highest BCUT2D eigenvalue weighted by Crippen LogP contribution is 2.26. The standard InChI is InChI=1S/C16H18BrN3O/c17-13-8-11-4-3-6-19-15(11)12(9-13)10-20-7-2-1-5-14(20)16(18)21/h3-4,6,8-9,14H,1-2,5,7,10H2,(H2,18,21)/t14-/m0/s1. The fourth-order valence-corrected chi connectivity index (χ4v) is 3.59. The van der Waals surface area contributed by atoms with Crippen molar-refractivity contribution in [2.45, 2.75) is 31.8 Å². The molecule has 2 aromatic rings. The van der Waals surface area contributed by atoms with Crippen molar-refractivity contribution in [3.8, 4) is 0 Å². The van der Waals surface area contributed by atoms with Crippen LogP contribution in [0.2, 0.25) is 0 Å². The number of carbonyl (C=O) groups excluding carboxylic acids is 1. The van der Waals surface area contributed by atoms with Crippen LogP contribution >= 0.6 is 15.9 Å². The molecule has 1 atom stereocenters. The highest BCUT2D eigenvalue weighted by Gasteiger charge is 2.27. The van der Waals surface area contributed by atoms with Gasteiger partial charge in [-0.3, -0.25) is 14.7 Å². The number of amides is 1. The zero-order valence-corrected chi connectivity index (χ0v) is 13.3. The minimum Gasteiger partial charge on any atom is -0.368 e. The van der Waals surface area contributed by atoms with Gasteiger partial charge in [-0.05, 0) is 43.1 Å². The van der Waals surface area contributed by atoms with E-state index in [1.54, 1.807) is 0 Å². The third-order valence-electron chi connectivity index (χ3n) is 4.06. The quantitative estimate of drug-likeness (QED) is 0.928. The third kappa shape index (κ3) is 3.09. The monoisotopic (exact) mass is 347 g/mol. The summed E-state index contributed by atoms with van der Waals surface area (Å²) in [6.45, 7) is 1.62. The number of aromatic nitrogens is 1. The highest BCUT2D eigenvalue weighted by atomic mass is 79.9. The second-order valence-electron chi connectivity index (χ2n) is 5.52. The highest BCUT2D eigenvalue weighted by molar-refractivity contribution is 9.10. The van der Waals surface area contributed by atoms with E-state index in [0.717, 1.165) is 46.7 Å². The molecule has 1 aliphatic heterocycles. The molecule has 0 bridgehead atoms. The molecule has 110 valence electrons. The van der Waals surface area contributed by atoms with Gasteiger partial charge in [0.05, 0.1) is 11.6 Å². The number of benzene rings is 1. The summed E-state index contributed by atoms with van der Waals surface area (Å²) in [6, 6.07) is 7.98. The van der Waals surface area contributed by atoms with E-state index >= 15 is 0 Å². The largest absolute Gasteiger partial charge is 0.368 e. The molecule has 0 saturated carbocycles. The van der Waals surface area contributed by atoms with Crippen LogP contribution in [0.1, 0.15) is 24.8 Å². The Morgan fingerprint density at radius 2 is 2.29 bits per heavy atom.